The molecule has 0 spiro atoms. The molecule has 0 atom stereocenters. The van der Waals surface area contributed by atoms with Crippen LogP contribution in [0.2, 0.25) is 10.2 Å². The van der Waals surface area contributed by atoms with Crippen molar-refractivity contribution in [1.82, 2.24) is 18.9 Å². The topological polar surface area (TPSA) is 63.6 Å². The molecule has 0 bridgehead atoms. The maximum Gasteiger partial charge on any atom is 0.153 e. The highest BCUT2D eigenvalue weighted by atomic mass is 35.5. The fraction of sp³-hybridized carbons (Fsp3) is 0. The van der Waals surface area contributed by atoms with Gasteiger partial charge in [0.1, 0.15) is 11.0 Å². The van der Waals surface area contributed by atoms with E-state index in [1.807, 2.05) is 6.07 Å². The summed E-state index contributed by atoms with van der Waals surface area (Å²) >= 11 is 12.9. The van der Waals surface area contributed by atoms with Gasteiger partial charge in [-0.05, 0) is 24.3 Å². The number of aromatic nitrogens is 4. The molecule has 0 saturated carbocycles. The van der Waals surface area contributed by atoms with Crippen molar-refractivity contribution in [2.24, 2.45) is 0 Å². The third-order valence-electron chi connectivity index (χ3n) is 2.26. The lowest BCUT2D eigenvalue weighted by molar-refractivity contribution is 1.04. The summed E-state index contributed by atoms with van der Waals surface area (Å²) in [7, 11) is 0. The van der Waals surface area contributed by atoms with Gasteiger partial charge in [0.25, 0.3) is 0 Å². The van der Waals surface area contributed by atoms with Gasteiger partial charge < -0.3 is 5.32 Å². The zero-order valence-corrected chi connectivity index (χ0v) is 11.1. The Bertz CT molecular complexity index is 697. The third kappa shape index (κ3) is 2.10. The molecular formula is C10H5Cl2N5S. The molecule has 0 saturated heterocycles. The summed E-state index contributed by atoms with van der Waals surface area (Å²) in [5.41, 5.74) is 2.16. The molecular weight excluding hydrogens is 293 g/mol. The van der Waals surface area contributed by atoms with Crippen LogP contribution in [0.1, 0.15) is 0 Å². The molecule has 0 fully saturated rings. The molecule has 3 aromatic rings. The predicted octanol–water partition coefficient (Wildman–Crippen LogP) is 3.53. The molecule has 5 nitrogen and oxygen atoms in total. The number of anilines is 2. The average Bonchev–Trinajstić information content (AvgIpc) is 2.84. The lowest BCUT2D eigenvalue weighted by Crippen LogP contribution is -1.96. The molecule has 0 aliphatic carbocycles. The van der Waals surface area contributed by atoms with Crippen LogP contribution >= 0.6 is 34.9 Å². The number of hydrogen-bond donors (Lipinski definition) is 1. The summed E-state index contributed by atoms with van der Waals surface area (Å²) in [6, 6.07) is 6.94. The zero-order chi connectivity index (χ0) is 12.5. The Kier molecular flexibility index (Phi) is 2.99. The first-order valence-corrected chi connectivity index (χ1v) is 6.40. The van der Waals surface area contributed by atoms with Gasteiger partial charge in [-0.2, -0.15) is 8.75 Å². The van der Waals surface area contributed by atoms with E-state index in [2.05, 4.69) is 24.3 Å². The first-order valence-electron chi connectivity index (χ1n) is 4.91. The summed E-state index contributed by atoms with van der Waals surface area (Å²) in [4.78, 5) is 0. The quantitative estimate of drug-likeness (QED) is 0.784. The van der Waals surface area contributed by atoms with Gasteiger partial charge in [-0.15, -0.1) is 10.2 Å². The van der Waals surface area contributed by atoms with E-state index in [0.717, 1.165) is 17.2 Å². The van der Waals surface area contributed by atoms with Gasteiger partial charge in [-0.3, -0.25) is 0 Å². The van der Waals surface area contributed by atoms with Gasteiger partial charge in [0.05, 0.1) is 22.4 Å². The molecule has 1 N–H and O–H groups in total. The number of nitrogens with one attached hydrogen (secondary N) is 1. The van der Waals surface area contributed by atoms with E-state index in [-0.39, 0.29) is 0 Å². The number of halogens is 2. The Morgan fingerprint density at radius 3 is 2.67 bits per heavy atom. The SMILES string of the molecule is Clc1ccc(Nc2c(Cl)ccc3nsnc23)nn1. The highest BCUT2D eigenvalue weighted by molar-refractivity contribution is 7.00. The van der Waals surface area contributed by atoms with Crippen LogP contribution in [0.5, 0.6) is 0 Å². The zero-order valence-electron chi connectivity index (χ0n) is 8.76. The largest absolute Gasteiger partial charge is 0.336 e. The lowest BCUT2D eigenvalue weighted by Gasteiger charge is -2.07. The predicted molar refractivity (Wildman–Crippen MR) is 72.7 cm³/mol. The van der Waals surface area contributed by atoms with Gasteiger partial charge in [-0.1, -0.05) is 23.2 Å². The molecule has 0 aliphatic rings. The molecule has 0 radical (unpaired) electrons. The van der Waals surface area contributed by atoms with E-state index < -0.39 is 0 Å². The van der Waals surface area contributed by atoms with Crippen molar-refractivity contribution < 1.29 is 0 Å². The fourth-order valence-corrected chi connectivity index (χ4v) is 2.30. The van der Waals surface area contributed by atoms with Crippen LogP contribution in [-0.2, 0) is 0 Å². The molecule has 1 aromatic carbocycles. The monoisotopic (exact) mass is 297 g/mol. The van der Waals surface area contributed by atoms with Crippen molar-refractivity contribution in [3.63, 3.8) is 0 Å². The first kappa shape index (κ1) is 11.6. The summed E-state index contributed by atoms with van der Waals surface area (Å²) in [5.74, 6) is 0.543. The van der Waals surface area contributed by atoms with Crippen LogP contribution in [0.25, 0.3) is 11.0 Å². The standard InChI is InChI=1S/C10H5Cl2N5S/c11-5-1-2-6-10(17-18-16-6)9(5)13-8-4-3-7(12)14-15-8/h1-4H,(H,13,15). The average molecular weight is 298 g/mol. The second-order valence-electron chi connectivity index (χ2n) is 3.42. The molecule has 2 aromatic heterocycles. The maximum absolute atomic E-state index is 6.14. The smallest absolute Gasteiger partial charge is 0.153 e. The van der Waals surface area contributed by atoms with Gasteiger partial charge >= 0.3 is 0 Å². The Hall–Kier alpha value is -1.50. The van der Waals surface area contributed by atoms with Crippen LogP contribution in [0.3, 0.4) is 0 Å². The Labute approximate surface area is 116 Å². The van der Waals surface area contributed by atoms with Crippen molar-refractivity contribution in [2.75, 3.05) is 5.32 Å². The van der Waals surface area contributed by atoms with Crippen molar-refractivity contribution in [3.05, 3.63) is 34.4 Å². The molecule has 2 heterocycles. The van der Waals surface area contributed by atoms with E-state index in [1.165, 1.54) is 0 Å². The number of nitrogens with zero attached hydrogens (tertiary/aromatic N) is 4. The highest BCUT2D eigenvalue weighted by Crippen LogP contribution is 2.31. The van der Waals surface area contributed by atoms with Gasteiger partial charge in [0, 0.05) is 0 Å². The van der Waals surface area contributed by atoms with Gasteiger partial charge in [0.15, 0.2) is 11.0 Å². The van der Waals surface area contributed by atoms with Crippen molar-refractivity contribution in [1.29, 1.82) is 0 Å². The minimum Gasteiger partial charge on any atom is -0.336 e. The minimum absolute atomic E-state index is 0.334. The molecule has 0 unspecified atom stereocenters. The van der Waals surface area contributed by atoms with Gasteiger partial charge in [-0.25, -0.2) is 0 Å². The van der Waals surface area contributed by atoms with E-state index >= 15 is 0 Å². The lowest BCUT2D eigenvalue weighted by atomic mass is 10.2. The number of fused-ring (bicyclic) bond motifs is 1. The Balaban J connectivity index is 2.06. The van der Waals surface area contributed by atoms with Crippen LogP contribution in [0.15, 0.2) is 24.3 Å². The van der Waals surface area contributed by atoms with Crippen molar-refractivity contribution in [2.45, 2.75) is 0 Å². The van der Waals surface area contributed by atoms with Crippen molar-refractivity contribution >= 4 is 57.5 Å². The second kappa shape index (κ2) is 4.64. The third-order valence-corrected chi connectivity index (χ3v) is 3.32. The molecule has 0 aliphatic heterocycles. The van der Waals surface area contributed by atoms with Gasteiger partial charge in [0.2, 0.25) is 0 Å². The van der Waals surface area contributed by atoms with E-state index in [0.29, 0.717) is 27.2 Å². The molecule has 90 valence electrons. The van der Waals surface area contributed by atoms with Crippen LogP contribution in [0.4, 0.5) is 11.5 Å². The molecule has 18 heavy (non-hydrogen) atoms. The normalized spacial score (nSPS) is 10.8. The van der Waals surface area contributed by atoms with E-state index in [4.69, 9.17) is 23.2 Å². The summed E-state index contributed by atoms with van der Waals surface area (Å²) < 4.78 is 8.35. The Morgan fingerprint density at radius 2 is 1.89 bits per heavy atom. The maximum atomic E-state index is 6.14. The molecule has 3 rings (SSSR count). The summed E-state index contributed by atoms with van der Waals surface area (Å²) in [6.45, 7) is 0. The second-order valence-corrected chi connectivity index (χ2v) is 4.74. The number of benzene rings is 1. The molecule has 0 amide bonds. The summed E-state index contributed by atoms with van der Waals surface area (Å²) in [5, 5.41) is 11.6. The minimum atomic E-state index is 0.334. The fourth-order valence-electron chi connectivity index (χ4n) is 1.46. The number of hydrogen-bond acceptors (Lipinski definition) is 6. The first-order chi connectivity index (χ1) is 8.74. The molecule has 8 heteroatoms. The van der Waals surface area contributed by atoms with Crippen LogP contribution in [0, 0.1) is 0 Å². The highest BCUT2D eigenvalue weighted by Gasteiger charge is 2.10. The number of rotatable bonds is 2. The van der Waals surface area contributed by atoms with Crippen LogP contribution < -0.4 is 5.32 Å². The van der Waals surface area contributed by atoms with E-state index in [1.54, 1.807) is 18.2 Å². The Morgan fingerprint density at radius 1 is 1.00 bits per heavy atom. The van der Waals surface area contributed by atoms with Crippen molar-refractivity contribution in [3.8, 4) is 0 Å². The van der Waals surface area contributed by atoms with Crippen LogP contribution in [-0.4, -0.2) is 18.9 Å². The summed E-state index contributed by atoms with van der Waals surface area (Å²) in [6.07, 6.45) is 0. The van der Waals surface area contributed by atoms with E-state index in [9.17, 15) is 0 Å².